The van der Waals surface area contributed by atoms with Crippen LogP contribution < -0.4 is 5.32 Å². The molecule has 0 spiro atoms. The van der Waals surface area contributed by atoms with Crippen LogP contribution in [0, 0.1) is 0 Å². The fourth-order valence-electron chi connectivity index (χ4n) is 1.55. The van der Waals surface area contributed by atoms with Gasteiger partial charge in [-0.25, -0.2) is 9.59 Å². The number of hydrogen-bond acceptors (Lipinski definition) is 4. The minimum Gasteiger partial charge on any atom is -0.473 e. The molecular weight excluding hydrogens is 224 g/mol. The second-order valence-electron chi connectivity index (χ2n) is 3.55. The third-order valence-electron chi connectivity index (χ3n) is 2.33. The lowest BCUT2D eigenvalue weighted by Gasteiger charge is -2.08. The molecule has 92 valence electrons. The van der Waals surface area contributed by atoms with E-state index in [9.17, 15) is 0 Å². The summed E-state index contributed by atoms with van der Waals surface area (Å²) in [6.07, 6.45) is 6.31. The number of hydrogen-bond donors (Lipinski definition) is 3. The highest BCUT2D eigenvalue weighted by atomic mass is 16.4. The normalized spacial score (nSPS) is 18.0. The average Bonchev–Trinajstić information content (AvgIpc) is 2.84. The molecule has 17 heavy (non-hydrogen) atoms. The Labute approximate surface area is 98.3 Å². The Morgan fingerprint density at radius 2 is 2.06 bits per heavy atom. The number of pyridine rings is 1. The minimum absolute atomic E-state index is 0.559. The Balaban J connectivity index is 0.000000209. The van der Waals surface area contributed by atoms with Crippen LogP contribution in [0.3, 0.4) is 0 Å². The summed E-state index contributed by atoms with van der Waals surface area (Å²) in [4.78, 5) is 22.3. The summed E-state index contributed by atoms with van der Waals surface area (Å²) in [5.74, 6) is -3.65. The SMILES string of the molecule is O=C(O)C(=O)O.c1cncc(C2CCCN2)c1. The summed E-state index contributed by atoms with van der Waals surface area (Å²) in [5, 5.41) is 18.2. The lowest BCUT2D eigenvalue weighted by atomic mass is 10.1. The largest absolute Gasteiger partial charge is 0.473 e. The maximum atomic E-state index is 9.10. The van der Waals surface area contributed by atoms with E-state index in [2.05, 4.69) is 16.4 Å². The van der Waals surface area contributed by atoms with Crippen LogP contribution in [0.5, 0.6) is 0 Å². The van der Waals surface area contributed by atoms with Crippen LogP contribution in [0.1, 0.15) is 24.4 Å². The van der Waals surface area contributed by atoms with Crippen LogP contribution in [-0.4, -0.2) is 33.7 Å². The fraction of sp³-hybridized carbons (Fsp3) is 0.364. The highest BCUT2D eigenvalue weighted by Gasteiger charge is 2.15. The van der Waals surface area contributed by atoms with Crippen molar-refractivity contribution in [2.24, 2.45) is 0 Å². The van der Waals surface area contributed by atoms with Gasteiger partial charge in [-0.05, 0) is 31.0 Å². The number of rotatable bonds is 1. The zero-order chi connectivity index (χ0) is 12.7. The van der Waals surface area contributed by atoms with Crippen LogP contribution in [0.2, 0.25) is 0 Å². The lowest BCUT2D eigenvalue weighted by Crippen LogP contribution is -2.12. The average molecular weight is 238 g/mol. The second-order valence-corrected chi connectivity index (χ2v) is 3.55. The molecule has 0 aromatic carbocycles. The van der Waals surface area contributed by atoms with Crippen LogP contribution >= 0.6 is 0 Å². The molecule has 2 rings (SSSR count). The Morgan fingerprint density at radius 1 is 1.35 bits per heavy atom. The first kappa shape index (κ1) is 13.1. The molecular formula is C11H14N2O4. The van der Waals surface area contributed by atoms with Crippen LogP contribution in [0.25, 0.3) is 0 Å². The molecule has 6 nitrogen and oxygen atoms in total. The highest BCUT2D eigenvalue weighted by Crippen LogP contribution is 2.21. The molecule has 1 atom stereocenters. The summed E-state index contributed by atoms with van der Waals surface area (Å²) >= 11 is 0. The minimum atomic E-state index is -1.82. The Morgan fingerprint density at radius 3 is 2.47 bits per heavy atom. The van der Waals surface area contributed by atoms with Crippen molar-refractivity contribution in [3.8, 4) is 0 Å². The number of carboxylic acid groups (broad SMARTS) is 2. The van der Waals surface area contributed by atoms with Gasteiger partial charge in [-0.15, -0.1) is 0 Å². The van der Waals surface area contributed by atoms with E-state index < -0.39 is 11.9 Å². The van der Waals surface area contributed by atoms with Crippen molar-refractivity contribution in [3.63, 3.8) is 0 Å². The van der Waals surface area contributed by atoms with E-state index in [0.29, 0.717) is 6.04 Å². The number of aliphatic carboxylic acids is 2. The molecule has 0 saturated carbocycles. The van der Waals surface area contributed by atoms with Gasteiger partial charge in [0.15, 0.2) is 0 Å². The molecule has 1 aliphatic heterocycles. The van der Waals surface area contributed by atoms with E-state index in [-0.39, 0.29) is 0 Å². The van der Waals surface area contributed by atoms with Gasteiger partial charge in [0, 0.05) is 18.4 Å². The molecule has 0 aliphatic carbocycles. The number of nitrogens with one attached hydrogen (secondary N) is 1. The van der Waals surface area contributed by atoms with Gasteiger partial charge in [-0.3, -0.25) is 4.98 Å². The fourth-order valence-corrected chi connectivity index (χ4v) is 1.55. The zero-order valence-electron chi connectivity index (χ0n) is 9.17. The van der Waals surface area contributed by atoms with Gasteiger partial charge in [0.05, 0.1) is 0 Å². The molecule has 1 saturated heterocycles. The summed E-state index contributed by atoms with van der Waals surface area (Å²) in [6.45, 7) is 1.15. The van der Waals surface area contributed by atoms with Crippen LogP contribution in [-0.2, 0) is 9.59 Å². The van der Waals surface area contributed by atoms with Gasteiger partial charge in [0.25, 0.3) is 0 Å². The summed E-state index contributed by atoms with van der Waals surface area (Å²) in [5.41, 5.74) is 1.32. The predicted molar refractivity (Wildman–Crippen MR) is 59.5 cm³/mol. The molecule has 0 radical (unpaired) electrons. The standard InChI is InChI=1S/C9H12N2.C2H2O4/c1-3-8(7-10-5-1)9-4-2-6-11-9;3-1(4)2(5)6/h1,3,5,7,9,11H,2,4,6H2;(H,3,4)(H,5,6). The molecule has 1 aromatic rings. The number of aromatic nitrogens is 1. The van der Waals surface area contributed by atoms with E-state index in [0.717, 1.165) is 6.54 Å². The molecule has 1 unspecified atom stereocenters. The Kier molecular flexibility index (Phi) is 5.09. The molecule has 6 heteroatoms. The van der Waals surface area contributed by atoms with Crippen molar-refractivity contribution in [1.82, 2.24) is 10.3 Å². The zero-order valence-corrected chi connectivity index (χ0v) is 9.17. The van der Waals surface area contributed by atoms with Crippen molar-refractivity contribution in [1.29, 1.82) is 0 Å². The Bertz CT molecular complexity index is 362. The van der Waals surface area contributed by atoms with E-state index >= 15 is 0 Å². The van der Waals surface area contributed by atoms with Crippen molar-refractivity contribution in [2.75, 3.05) is 6.54 Å². The maximum absolute atomic E-state index is 9.10. The number of nitrogens with zero attached hydrogens (tertiary/aromatic N) is 1. The molecule has 1 fully saturated rings. The smallest absolute Gasteiger partial charge is 0.414 e. The van der Waals surface area contributed by atoms with E-state index in [4.69, 9.17) is 19.8 Å². The first-order valence-corrected chi connectivity index (χ1v) is 5.21. The molecule has 2 heterocycles. The first-order chi connectivity index (χ1) is 8.11. The molecule has 0 bridgehead atoms. The number of carboxylic acids is 2. The van der Waals surface area contributed by atoms with E-state index in [1.54, 1.807) is 0 Å². The van der Waals surface area contributed by atoms with Gasteiger partial charge >= 0.3 is 11.9 Å². The third kappa shape index (κ3) is 4.60. The lowest BCUT2D eigenvalue weighted by molar-refractivity contribution is -0.159. The van der Waals surface area contributed by atoms with Crippen molar-refractivity contribution in [3.05, 3.63) is 30.1 Å². The maximum Gasteiger partial charge on any atom is 0.414 e. The van der Waals surface area contributed by atoms with Gasteiger partial charge in [0.2, 0.25) is 0 Å². The monoisotopic (exact) mass is 238 g/mol. The van der Waals surface area contributed by atoms with E-state index in [1.165, 1.54) is 18.4 Å². The van der Waals surface area contributed by atoms with Gasteiger partial charge < -0.3 is 15.5 Å². The second kappa shape index (κ2) is 6.59. The van der Waals surface area contributed by atoms with Gasteiger partial charge in [-0.2, -0.15) is 0 Å². The predicted octanol–water partition coefficient (Wildman–Crippen LogP) is 0.662. The van der Waals surface area contributed by atoms with Gasteiger partial charge in [0.1, 0.15) is 0 Å². The van der Waals surface area contributed by atoms with Crippen molar-refractivity contribution < 1.29 is 19.8 Å². The summed E-state index contributed by atoms with van der Waals surface area (Å²) < 4.78 is 0. The highest BCUT2D eigenvalue weighted by molar-refractivity contribution is 6.27. The van der Waals surface area contributed by atoms with Crippen LogP contribution in [0.4, 0.5) is 0 Å². The van der Waals surface area contributed by atoms with E-state index in [1.807, 2.05) is 18.5 Å². The molecule has 3 N–H and O–H groups in total. The van der Waals surface area contributed by atoms with Crippen LogP contribution in [0.15, 0.2) is 24.5 Å². The molecule has 0 amide bonds. The topological polar surface area (TPSA) is 99.5 Å². The molecule has 1 aromatic heterocycles. The summed E-state index contributed by atoms with van der Waals surface area (Å²) in [6, 6.07) is 4.69. The quantitative estimate of drug-likeness (QED) is 0.621. The molecule has 1 aliphatic rings. The van der Waals surface area contributed by atoms with Crippen molar-refractivity contribution in [2.45, 2.75) is 18.9 Å². The van der Waals surface area contributed by atoms with Gasteiger partial charge in [-0.1, -0.05) is 6.07 Å². The Hall–Kier alpha value is -1.95. The number of carbonyl (C=O) groups is 2. The third-order valence-corrected chi connectivity index (χ3v) is 2.33. The first-order valence-electron chi connectivity index (χ1n) is 5.21. The summed E-state index contributed by atoms with van der Waals surface area (Å²) in [7, 11) is 0. The van der Waals surface area contributed by atoms with Crippen molar-refractivity contribution >= 4 is 11.9 Å².